The molecule has 184 valence electrons. The predicted molar refractivity (Wildman–Crippen MR) is 136 cm³/mol. The lowest BCUT2D eigenvalue weighted by atomic mass is 9.98. The molecule has 0 aliphatic carbocycles. The zero-order valence-corrected chi connectivity index (χ0v) is 20.2. The molecule has 0 aliphatic heterocycles. The fourth-order valence-electron chi connectivity index (χ4n) is 3.73. The van der Waals surface area contributed by atoms with Crippen LogP contribution in [0.3, 0.4) is 0 Å². The van der Waals surface area contributed by atoms with Gasteiger partial charge in [0.25, 0.3) is 0 Å². The zero-order chi connectivity index (χ0) is 25.3. The lowest BCUT2D eigenvalue weighted by molar-refractivity contribution is -0.137. The second-order valence-corrected chi connectivity index (χ2v) is 10.1. The monoisotopic (exact) mass is 495 g/mol. The van der Waals surface area contributed by atoms with Gasteiger partial charge in [0.15, 0.2) is 9.84 Å². The number of hydrogen-bond donors (Lipinski definition) is 3. The van der Waals surface area contributed by atoms with Gasteiger partial charge < -0.3 is 10.4 Å². The Bertz CT molecular complexity index is 1230. The van der Waals surface area contributed by atoms with E-state index < -0.39 is 21.7 Å². The van der Waals surface area contributed by atoms with Gasteiger partial charge in [-0.25, -0.2) is 18.9 Å². The smallest absolute Gasteiger partial charge is 0.303 e. The number of anilines is 2. The summed E-state index contributed by atoms with van der Waals surface area (Å²) < 4.78 is 26.0. The first-order chi connectivity index (χ1) is 16.8. The maximum Gasteiger partial charge on any atom is 0.303 e. The van der Waals surface area contributed by atoms with Gasteiger partial charge in [0.2, 0.25) is 6.41 Å². The molecule has 0 saturated carbocycles. The molecule has 1 amide bonds. The van der Waals surface area contributed by atoms with Gasteiger partial charge in [-0.1, -0.05) is 49.4 Å². The Morgan fingerprint density at radius 1 is 1.03 bits per heavy atom. The number of benzene rings is 3. The Balaban J connectivity index is 1.68. The first-order valence-electron chi connectivity index (χ1n) is 11.2. The van der Waals surface area contributed by atoms with E-state index in [4.69, 9.17) is 0 Å². The third-order valence-electron chi connectivity index (χ3n) is 5.45. The van der Waals surface area contributed by atoms with Crippen LogP contribution < -0.4 is 15.8 Å². The molecule has 3 aromatic carbocycles. The van der Waals surface area contributed by atoms with Crippen LogP contribution in [0.4, 0.5) is 11.4 Å². The number of carbonyl (C=O) groups is 2. The van der Waals surface area contributed by atoms with Crippen LogP contribution in [-0.2, 0) is 26.0 Å². The van der Waals surface area contributed by atoms with Gasteiger partial charge in [0.05, 0.1) is 22.8 Å². The van der Waals surface area contributed by atoms with Gasteiger partial charge in [0, 0.05) is 24.7 Å². The summed E-state index contributed by atoms with van der Waals surface area (Å²) in [4.78, 5) is 22.7. The van der Waals surface area contributed by atoms with Crippen LogP contribution in [0.15, 0.2) is 83.8 Å². The van der Waals surface area contributed by atoms with Crippen molar-refractivity contribution >= 4 is 33.6 Å². The average molecular weight is 496 g/mol. The molecule has 8 nitrogen and oxygen atoms in total. The Morgan fingerprint density at radius 3 is 2.37 bits per heavy atom. The second-order valence-electron chi connectivity index (χ2n) is 8.02. The van der Waals surface area contributed by atoms with Crippen molar-refractivity contribution in [2.45, 2.75) is 30.7 Å². The van der Waals surface area contributed by atoms with Crippen molar-refractivity contribution in [2.75, 3.05) is 22.6 Å². The summed E-state index contributed by atoms with van der Waals surface area (Å²) in [6, 6.07) is 22.7. The van der Waals surface area contributed by atoms with Gasteiger partial charge >= 0.3 is 5.97 Å². The van der Waals surface area contributed by atoms with Gasteiger partial charge in [-0.15, -0.1) is 0 Å². The average Bonchev–Trinajstić information content (AvgIpc) is 2.86. The second kappa shape index (κ2) is 12.1. The number of hydrazine groups is 1. The van der Waals surface area contributed by atoms with E-state index >= 15 is 0 Å². The first-order valence-corrected chi connectivity index (χ1v) is 12.9. The van der Waals surface area contributed by atoms with E-state index in [9.17, 15) is 23.1 Å². The van der Waals surface area contributed by atoms with Crippen molar-refractivity contribution in [3.8, 4) is 0 Å². The van der Waals surface area contributed by atoms with Crippen LogP contribution in [0, 0.1) is 0 Å². The predicted octanol–water partition coefficient (Wildman–Crippen LogP) is 3.82. The number of nitrogens with zero attached hydrogens (tertiary/aromatic N) is 1. The van der Waals surface area contributed by atoms with Crippen LogP contribution in [0.1, 0.15) is 30.4 Å². The van der Waals surface area contributed by atoms with E-state index in [2.05, 4.69) is 10.7 Å². The number of hydrogen-bond acceptors (Lipinski definition) is 6. The Kier molecular flexibility index (Phi) is 8.99. The van der Waals surface area contributed by atoms with Gasteiger partial charge in [-0.05, 0) is 47.5 Å². The highest BCUT2D eigenvalue weighted by Crippen LogP contribution is 2.26. The van der Waals surface area contributed by atoms with E-state index in [1.807, 2.05) is 31.2 Å². The number of carboxylic acid groups (broad SMARTS) is 1. The molecule has 0 aliphatic rings. The van der Waals surface area contributed by atoms with Crippen LogP contribution in [0.25, 0.3) is 0 Å². The standard InChI is InChI=1S/C26H29N3O5S/c1-2-28-29(19-30)24-10-6-7-20(15-24)17-27-23-11-13-25(14-12-23)35(33,34)18-22(16-26(31)32)21-8-4-3-5-9-21/h3-15,19,22,27-28H,2,16-18H2,1H3,(H,31,32). The number of carbonyl (C=O) groups excluding carboxylic acids is 1. The normalized spacial score (nSPS) is 12.0. The van der Waals surface area contributed by atoms with E-state index in [0.717, 1.165) is 16.9 Å². The molecule has 0 saturated heterocycles. The Labute approximate surface area is 205 Å². The molecule has 9 heteroatoms. The molecule has 0 heterocycles. The van der Waals surface area contributed by atoms with E-state index in [-0.39, 0.29) is 17.1 Å². The van der Waals surface area contributed by atoms with Crippen LogP contribution in [0.5, 0.6) is 0 Å². The van der Waals surface area contributed by atoms with Gasteiger partial charge in [0.1, 0.15) is 0 Å². The molecule has 35 heavy (non-hydrogen) atoms. The van der Waals surface area contributed by atoms with Crippen molar-refractivity contribution in [2.24, 2.45) is 0 Å². The largest absolute Gasteiger partial charge is 0.481 e. The molecule has 0 aromatic heterocycles. The third kappa shape index (κ3) is 7.40. The highest BCUT2D eigenvalue weighted by Gasteiger charge is 2.24. The molecular weight excluding hydrogens is 466 g/mol. The van der Waals surface area contributed by atoms with Crippen LogP contribution in [-0.4, -0.2) is 38.2 Å². The van der Waals surface area contributed by atoms with Gasteiger partial charge in [-0.3, -0.25) is 9.59 Å². The number of sulfone groups is 1. The molecule has 0 radical (unpaired) electrons. The van der Waals surface area contributed by atoms with E-state index in [1.165, 1.54) is 17.1 Å². The van der Waals surface area contributed by atoms with E-state index in [1.54, 1.807) is 42.5 Å². The molecule has 3 N–H and O–H groups in total. The maximum atomic E-state index is 13.0. The topological polar surface area (TPSA) is 116 Å². The molecule has 0 spiro atoms. The molecule has 0 bridgehead atoms. The highest BCUT2D eigenvalue weighted by molar-refractivity contribution is 7.91. The molecule has 0 fully saturated rings. The Hall–Kier alpha value is -3.69. The summed E-state index contributed by atoms with van der Waals surface area (Å²) in [5, 5.41) is 13.9. The SMILES string of the molecule is CCNN(C=O)c1cccc(CNc2ccc(S(=O)(=O)CC(CC(=O)O)c3ccccc3)cc2)c1. The quantitative estimate of drug-likeness (QED) is 0.244. The van der Waals surface area contributed by atoms with Crippen molar-refractivity contribution in [3.05, 3.63) is 90.0 Å². The molecule has 3 aromatic rings. The fourth-order valence-corrected chi connectivity index (χ4v) is 5.31. The lowest BCUT2D eigenvalue weighted by Gasteiger charge is -2.18. The Morgan fingerprint density at radius 2 is 1.74 bits per heavy atom. The first kappa shape index (κ1) is 25.9. The number of carboxylic acids is 1. The number of amides is 1. The summed E-state index contributed by atoms with van der Waals surface area (Å²) in [5.74, 6) is -1.97. The molecule has 1 unspecified atom stereocenters. The van der Waals surface area contributed by atoms with E-state index in [0.29, 0.717) is 25.1 Å². The summed E-state index contributed by atoms with van der Waals surface area (Å²) in [6.45, 7) is 2.99. The van der Waals surface area contributed by atoms with Crippen molar-refractivity contribution < 1.29 is 23.1 Å². The third-order valence-corrected chi connectivity index (χ3v) is 7.28. The minimum absolute atomic E-state index is 0.142. The minimum Gasteiger partial charge on any atom is -0.481 e. The summed E-state index contributed by atoms with van der Waals surface area (Å²) in [6.07, 6.45) is 0.450. The van der Waals surface area contributed by atoms with Crippen molar-refractivity contribution in [1.29, 1.82) is 0 Å². The van der Waals surface area contributed by atoms with Crippen molar-refractivity contribution in [1.82, 2.24) is 5.43 Å². The summed E-state index contributed by atoms with van der Waals surface area (Å²) in [7, 11) is -3.70. The molecule has 3 rings (SSSR count). The fraction of sp³-hybridized carbons (Fsp3) is 0.231. The summed E-state index contributed by atoms with van der Waals surface area (Å²) in [5.41, 5.74) is 6.04. The van der Waals surface area contributed by atoms with Crippen molar-refractivity contribution in [3.63, 3.8) is 0 Å². The van der Waals surface area contributed by atoms with Crippen LogP contribution >= 0.6 is 0 Å². The number of aliphatic carboxylic acids is 1. The summed E-state index contributed by atoms with van der Waals surface area (Å²) >= 11 is 0. The maximum absolute atomic E-state index is 13.0. The minimum atomic E-state index is -3.70. The number of rotatable bonds is 13. The number of nitrogens with one attached hydrogen (secondary N) is 2. The zero-order valence-electron chi connectivity index (χ0n) is 19.4. The molecule has 1 atom stereocenters. The highest BCUT2D eigenvalue weighted by atomic mass is 32.2. The van der Waals surface area contributed by atoms with Gasteiger partial charge in [-0.2, -0.15) is 0 Å². The lowest BCUT2D eigenvalue weighted by Crippen LogP contribution is -2.36. The van der Waals surface area contributed by atoms with Crippen LogP contribution in [0.2, 0.25) is 0 Å². The molecular formula is C26H29N3O5S.